The first kappa shape index (κ1) is 19.2. The number of aryl methyl sites for hydroxylation is 3. The molecule has 0 spiro atoms. The number of sulfone groups is 1. The van der Waals surface area contributed by atoms with E-state index in [2.05, 4.69) is 17.1 Å². The quantitative estimate of drug-likeness (QED) is 0.635. The molecule has 0 amide bonds. The predicted molar refractivity (Wildman–Crippen MR) is 108 cm³/mol. The van der Waals surface area contributed by atoms with E-state index in [0.29, 0.717) is 4.90 Å². The number of benzene rings is 2. The van der Waals surface area contributed by atoms with E-state index in [4.69, 9.17) is 4.98 Å². The largest absolute Gasteiger partial charge is 0.257 e. The summed E-state index contributed by atoms with van der Waals surface area (Å²) in [6.45, 7) is 5.34. The molecule has 3 aromatic rings. The lowest BCUT2D eigenvalue weighted by molar-refractivity contribution is 0.587. The van der Waals surface area contributed by atoms with Gasteiger partial charge in [-0.25, -0.2) is 13.4 Å². The van der Waals surface area contributed by atoms with Gasteiger partial charge in [0.15, 0.2) is 9.84 Å². The fourth-order valence-electron chi connectivity index (χ4n) is 2.86. The highest BCUT2D eigenvalue weighted by molar-refractivity contribution is 7.92. The van der Waals surface area contributed by atoms with Crippen LogP contribution in [0.5, 0.6) is 0 Å². The van der Waals surface area contributed by atoms with Gasteiger partial charge in [-0.3, -0.25) is 4.98 Å². The van der Waals surface area contributed by atoms with Gasteiger partial charge in [0.1, 0.15) is 0 Å². The standard InChI is InChI=1S/C22H24N2O2S/c1-16(2)27(25,26)20-12-10-19(11-13-20)22-15-23-17(3)21(24-22)14-9-18-7-5-4-6-8-18/h4-8,10-13,15-16H,9,14H2,1-3H3. The average molecular weight is 381 g/mol. The second-order valence-electron chi connectivity index (χ2n) is 6.89. The van der Waals surface area contributed by atoms with Crippen molar-refractivity contribution in [3.8, 4) is 11.3 Å². The number of hydrogen-bond donors (Lipinski definition) is 0. The summed E-state index contributed by atoms with van der Waals surface area (Å²) in [7, 11) is -3.27. The summed E-state index contributed by atoms with van der Waals surface area (Å²) in [4.78, 5) is 9.60. The van der Waals surface area contributed by atoms with Crippen LogP contribution in [-0.2, 0) is 22.7 Å². The zero-order chi connectivity index (χ0) is 19.4. The third kappa shape index (κ3) is 4.42. The molecule has 0 unspecified atom stereocenters. The first-order valence-corrected chi connectivity index (χ1v) is 10.6. The minimum Gasteiger partial charge on any atom is -0.257 e. The molecule has 4 nitrogen and oxygen atoms in total. The van der Waals surface area contributed by atoms with E-state index in [1.807, 2.05) is 25.1 Å². The highest BCUT2D eigenvalue weighted by Gasteiger charge is 2.19. The van der Waals surface area contributed by atoms with Crippen molar-refractivity contribution in [2.24, 2.45) is 0 Å². The van der Waals surface area contributed by atoms with Crippen LogP contribution in [0.25, 0.3) is 11.3 Å². The fraction of sp³-hybridized carbons (Fsp3) is 0.273. The van der Waals surface area contributed by atoms with Crippen LogP contribution in [0.3, 0.4) is 0 Å². The van der Waals surface area contributed by atoms with E-state index >= 15 is 0 Å². The summed E-state index contributed by atoms with van der Waals surface area (Å²) in [6.07, 6.45) is 3.47. The molecule has 0 atom stereocenters. The molecule has 0 aliphatic heterocycles. The molecule has 0 N–H and O–H groups in total. The van der Waals surface area contributed by atoms with Crippen LogP contribution in [-0.4, -0.2) is 23.6 Å². The van der Waals surface area contributed by atoms with Crippen molar-refractivity contribution in [3.05, 3.63) is 77.7 Å². The van der Waals surface area contributed by atoms with Gasteiger partial charge in [-0.1, -0.05) is 42.5 Å². The topological polar surface area (TPSA) is 59.9 Å². The summed E-state index contributed by atoms with van der Waals surface area (Å²) >= 11 is 0. The molecule has 2 aromatic carbocycles. The number of aromatic nitrogens is 2. The normalized spacial score (nSPS) is 11.7. The van der Waals surface area contributed by atoms with E-state index in [0.717, 1.165) is 35.5 Å². The zero-order valence-corrected chi connectivity index (χ0v) is 16.7. The lowest BCUT2D eigenvalue weighted by Crippen LogP contribution is -2.13. The summed E-state index contributed by atoms with van der Waals surface area (Å²) < 4.78 is 24.5. The van der Waals surface area contributed by atoms with Crippen molar-refractivity contribution >= 4 is 9.84 Å². The Labute approximate surface area is 161 Å². The first-order chi connectivity index (χ1) is 12.9. The van der Waals surface area contributed by atoms with Crippen LogP contribution in [0.15, 0.2) is 65.7 Å². The molecule has 0 radical (unpaired) electrons. The summed E-state index contributed by atoms with van der Waals surface area (Å²) in [5.74, 6) is 0. The molecule has 5 heteroatoms. The molecule has 3 rings (SSSR count). The van der Waals surface area contributed by atoms with Gasteiger partial charge >= 0.3 is 0 Å². The molecular formula is C22H24N2O2S. The van der Waals surface area contributed by atoms with Crippen molar-refractivity contribution in [1.82, 2.24) is 9.97 Å². The minimum absolute atomic E-state index is 0.339. The van der Waals surface area contributed by atoms with E-state index in [9.17, 15) is 8.42 Å². The van der Waals surface area contributed by atoms with Gasteiger partial charge in [-0.2, -0.15) is 0 Å². The Bertz CT molecular complexity index is 1010. The van der Waals surface area contributed by atoms with Crippen LogP contribution < -0.4 is 0 Å². The molecule has 0 saturated carbocycles. The number of nitrogens with zero attached hydrogens (tertiary/aromatic N) is 2. The second-order valence-corrected chi connectivity index (χ2v) is 9.40. The van der Waals surface area contributed by atoms with Crippen molar-refractivity contribution in [3.63, 3.8) is 0 Å². The number of rotatable bonds is 6. The van der Waals surface area contributed by atoms with Gasteiger partial charge in [-0.15, -0.1) is 0 Å². The summed E-state index contributed by atoms with van der Waals surface area (Å²) in [5, 5.41) is -0.438. The minimum atomic E-state index is -3.27. The molecule has 0 fully saturated rings. The average Bonchev–Trinajstić information content (AvgIpc) is 2.68. The van der Waals surface area contributed by atoms with Crippen LogP contribution in [0.4, 0.5) is 0 Å². The summed E-state index contributed by atoms with van der Waals surface area (Å²) in [6, 6.07) is 17.2. The third-order valence-electron chi connectivity index (χ3n) is 4.65. The maximum absolute atomic E-state index is 12.3. The molecule has 1 heterocycles. The van der Waals surface area contributed by atoms with Crippen molar-refractivity contribution < 1.29 is 8.42 Å². The lowest BCUT2D eigenvalue weighted by Gasteiger charge is -2.10. The molecule has 27 heavy (non-hydrogen) atoms. The Morgan fingerprint density at radius 2 is 1.59 bits per heavy atom. The Balaban J connectivity index is 1.83. The fourth-order valence-corrected chi connectivity index (χ4v) is 3.92. The van der Waals surface area contributed by atoms with Gasteiger partial charge in [0.05, 0.1) is 33.4 Å². The van der Waals surface area contributed by atoms with Crippen LogP contribution in [0.2, 0.25) is 0 Å². The molecule has 0 aliphatic carbocycles. The second kappa shape index (κ2) is 8.01. The smallest absolute Gasteiger partial charge is 0.180 e. The van der Waals surface area contributed by atoms with E-state index in [1.54, 1.807) is 44.3 Å². The predicted octanol–water partition coefficient (Wildman–Crippen LogP) is 4.42. The monoisotopic (exact) mass is 380 g/mol. The maximum Gasteiger partial charge on any atom is 0.180 e. The van der Waals surface area contributed by atoms with Crippen molar-refractivity contribution in [2.45, 2.75) is 43.8 Å². The molecular weight excluding hydrogens is 356 g/mol. The number of hydrogen-bond acceptors (Lipinski definition) is 4. The summed E-state index contributed by atoms with van der Waals surface area (Å²) in [5.41, 5.74) is 4.79. The maximum atomic E-state index is 12.3. The van der Waals surface area contributed by atoms with Gasteiger partial charge in [-0.05, 0) is 51.3 Å². The van der Waals surface area contributed by atoms with Gasteiger partial charge in [0.2, 0.25) is 0 Å². The van der Waals surface area contributed by atoms with Gasteiger partial charge in [0, 0.05) is 5.56 Å². The van der Waals surface area contributed by atoms with E-state index in [-0.39, 0.29) is 0 Å². The lowest BCUT2D eigenvalue weighted by atomic mass is 10.1. The Kier molecular flexibility index (Phi) is 5.71. The molecule has 1 aromatic heterocycles. The van der Waals surface area contributed by atoms with E-state index in [1.165, 1.54) is 5.56 Å². The van der Waals surface area contributed by atoms with Crippen molar-refractivity contribution in [1.29, 1.82) is 0 Å². The SMILES string of the molecule is Cc1ncc(-c2ccc(S(=O)(=O)C(C)C)cc2)nc1CCc1ccccc1. The molecule has 0 bridgehead atoms. The van der Waals surface area contributed by atoms with Crippen molar-refractivity contribution in [2.75, 3.05) is 0 Å². The Morgan fingerprint density at radius 3 is 2.22 bits per heavy atom. The van der Waals surface area contributed by atoms with E-state index < -0.39 is 15.1 Å². The van der Waals surface area contributed by atoms with Gasteiger partial charge in [0.25, 0.3) is 0 Å². The molecule has 0 aliphatic rings. The van der Waals surface area contributed by atoms with Crippen LogP contribution >= 0.6 is 0 Å². The highest BCUT2D eigenvalue weighted by atomic mass is 32.2. The highest BCUT2D eigenvalue weighted by Crippen LogP contribution is 2.22. The zero-order valence-electron chi connectivity index (χ0n) is 15.9. The third-order valence-corrected chi connectivity index (χ3v) is 6.82. The molecule has 140 valence electrons. The molecule has 0 saturated heterocycles. The Morgan fingerprint density at radius 1 is 0.926 bits per heavy atom. The van der Waals surface area contributed by atoms with Crippen LogP contribution in [0, 0.1) is 6.92 Å². The van der Waals surface area contributed by atoms with Crippen LogP contribution in [0.1, 0.15) is 30.8 Å². The first-order valence-electron chi connectivity index (χ1n) is 9.08. The van der Waals surface area contributed by atoms with Gasteiger partial charge < -0.3 is 0 Å². The Hall–Kier alpha value is -2.53.